The summed E-state index contributed by atoms with van der Waals surface area (Å²) in [6.45, 7) is 1.25. The predicted molar refractivity (Wildman–Crippen MR) is 114 cm³/mol. The lowest BCUT2D eigenvalue weighted by atomic mass is 9.85. The molecule has 3 heterocycles. The van der Waals surface area contributed by atoms with Gasteiger partial charge in [0.05, 0.1) is 42.4 Å². The number of likely N-dealkylation sites (tertiary alicyclic amines) is 1. The first-order chi connectivity index (χ1) is 16.4. The number of nitrogens with one attached hydrogen (secondary N) is 2. The van der Waals surface area contributed by atoms with Crippen molar-refractivity contribution in [2.75, 3.05) is 19.8 Å². The molecule has 1 fully saturated rings. The van der Waals surface area contributed by atoms with Gasteiger partial charge in [0, 0.05) is 6.54 Å². The zero-order valence-corrected chi connectivity index (χ0v) is 18.6. The van der Waals surface area contributed by atoms with E-state index in [0.29, 0.717) is 18.6 Å². The second-order valence-electron chi connectivity index (χ2n) is 8.05. The van der Waals surface area contributed by atoms with Crippen LogP contribution in [0.5, 0.6) is 0 Å². The number of ether oxygens (including phenoxy) is 2. The van der Waals surface area contributed by atoms with E-state index in [1.807, 2.05) is 12.2 Å². The first kappa shape index (κ1) is 23.3. The molecule has 1 aromatic rings. The number of hydrogen-bond acceptors (Lipinski definition) is 8. The number of imide groups is 1. The van der Waals surface area contributed by atoms with Crippen molar-refractivity contribution in [2.45, 2.75) is 32.2 Å². The first-order valence-electron chi connectivity index (χ1n) is 11.1. The highest BCUT2D eigenvalue weighted by Gasteiger charge is 2.47. The van der Waals surface area contributed by atoms with Crippen LogP contribution >= 0.6 is 0 Å². The van der Waals surface area contributed by atoms with E-state index in [2.05, 4.69) is 10.6 Å². The topological polar surface area (TPSA) is 144 Å². The molecular weight excluding hydrogens is 446 g/mol. The summed E-state index contributed by atoms with van der Waals surface area (Å²) < 4.78 is 15.7. The normalized spacial score (nSPS) is 24.0. The van der Waals surface area contributed by atoms with Crippen molar-refractivity contribution < 1.29 is 37.9 Å². The number of carbonyl (C=O) groups excluding carboxylic acids is 5. The number of amides is 4. The third-order valence-electron chi connectivity index (χ3n) is 5.99. The van der Waals surface area contributed by atoms with E-state index < -0.39 is 30.6 Å². The van der Waals surface area contributed by atoms with Gasteiger partial charge in [-0.25, -0.2) is 9.59 Å². The van der Waals surface area contributed by atoms with Crippen LogP contribution in [0.4, 0.5) is 4.79 Å². The van der Waals surface area contributed by atoms with Gasteiger partial charge in [0.15, 0.2) is 0 Å². The third kappa shape index (κ3) is 4.59. The fourth-order valence-corrected chi connectivity index (χ4v) is 4.37. The average Bonchev–Trinajstić information content (AvgIpc) is 3.44. The van der Waals surface area contributed by atoms with Gasteiger partial charge in [-0.1, -0.05) is 12.2 Å². The minimum absolute atomic E-state index is 0.0469. The molecule has 3 atom stereocenters. The summed E-state index contributed by atoms with van der Waals surface area (Å²) in [7, 11) is 0. The first-order valence-corrected chi connectivity index (χ1v) is 11.1. The van der Waals surface area contributed by atoms with E-state index in [1.54, 1.807) is 19.1 Å². The number of esters is 2. The van der Waals surface area contributed by atoms with Crippen molar-refractivity contribution in [1.82, 2.24) is 15.5 Å². The lowest BCUT2D eigenvalue weighted by molar-refractivity contribution is -0.146. The molecule has 11 heteroatoms. The SMILES string of the molecule is CCOC(=O)C1=C(COC(=O)CCN2C(=O)C3CC=CCC3C2=O)NC(=O)NC1c1ccco1. The fourth-order valence-electron chi connectivity index (χ4n) is 4.37. The van der Waals surface area contributed by atoms with Gasteiger partial charge in [0.2, 0.25) is 11.8 Å². The van der Waals surface area contributed by atoms with Crippen LogP contribution in [0.15, 0.2) is 46.2 Å². The van der Waals surface area contributed by atoms with Crippen LogP contribution in [0, 0.1) is 11.8 Å². The molecule has 0 spiro atoms. The summed E-state index contributed by atoms with van der Waals surface area (Å²) >= 11 is 0. The summed E-state index contributed by atoms with van der Waals surface area (Å²) in [5, 5.41) is 5.07. The molecule has 0 aromatic carbocycles. The van der Waals surface area contributed by atoms with Gasteiger partial charge in [0.1, 0.15) is 18.4 Å². The molecule has 2 aliphatic heterocycles. The maximum Gasteiger partial charge on any atom is 0.338 e. The molecule has 2 N–H and O–H groups in total. The second kappa shape index (κ2) is 9.94. The van der Waals surface area contributed by atoms with Crippen molar-refractivity contribution in [2.24, 2.45) is 11.8 Å². The van der Waals surface area contributed by atoms with Crippen molar-refractivity contribution in [1.29, 1.82) is 0 Å². The summed E-state index contributed by atoms with van der Waals surface area (Å²) in [5.74, 6) is -2.36. The van der Waals surface area contributed by atoms with Gasteiger partial charge in [-0.05, 0) is 31.9 Å². The number of fused-ring (bicyclic) bond motifs is 1. The zero-order valence-electron chi connectivity index (χ0n) is 18.6. The predicted octanol–water partition coefficient (Wildman–Crippen LogP) is 1.34. The number of urea groups is 1. The Bertz CT molecular complexity index is 1030. The summed E-state index contributed by atoms with van der Waals surface area (Å²) in [6, 6.07) is 1.67. The quantitative estimate of drug-likeness (QED) is 0.328. The molecule has 1 aromatic heterocycles. The van der Waals surface area contributed by atoms with E-state index in [4.69, 9.17) is 13.9 Å². The lowest BCUT2D eigenvalue weighted by Gasteiger charge is -2.27. The Kier molecular flexibility index (Phi) is 6.80. The zero-order chi connectivity index (χ0) is 24.2. The largest absolute Gasteiger partial charge is 0.467 e. The Hall–Kier alpha value is -3.89. The van der Waals surface area contributed by atoms with Gasteiger partial charge in [-0.15, -0.1) is 0 Å². The van der Waals surface area contributed by atoms with E-state index in [9.17, 15) is 24.0 Å². The van der Waals surface area contributed by atoms with Crippen LogP contribution in [-0.4, -0.2) is 54.4 Å². The van der Waals surface area contributed by atoms with E-state index in [1.165, 1.54) is 6.26 Å². The minimum atomic E-state index is -0.923. The van der Waals surface area contributed by atoms with Gasteiger partial charge < -0.3 is 24.5 Å². The molecule has 1 aliphatic carbocycles. The average molecular weight is 471 g/mol. The Balaban J connectivity index is 1.42. The van der Waals surface area contributed by atoms with E-state index >= 15 is 0 Å². The molecule has 11 nitrogen and oxygen atoms in total. The van der Waals surface area contributed by atoms with Crippen molar-refractivity contribution >= 4 is 29.8 Å². The van der Waals surface area contributed by atoms with Crippen LogP contribution in [0.1, 0.15) is 38.0 Å². The van der Waals surface area contributed by atoms with Crippen LogP contribution < -0.4 is 10.6 Å². The summed E-state index contributed by atoms with van der Waals surface area (Å²) in [6.07, 6.45) is 6.01. The maximum atomic E-state index is 12.6. The minimum Gasteiger partial charge on any atom is -0.467 e. The lowest BCUT2D eigenvalue weighted by Crippen LogP contribution is -2.47. The molecule has 0 bridgehead atoms. The highest BCUT2D eigenvalue weighted by Crippen LogP contribution is 2.35. The Morgan fingerprint density at radius 3 is 2.44 bits per heavy atom. The van der Waals surface area contributed by atoms with Crippen LogP contribution in [0.3, 0.4) is 0 Å². The summed E-state index contributed by atoms with van der Waals surface area (Å²) in [5.41, 5.74) is 0.105. The number of furan rings is 1. The Morgan fingerprint density at radius 1 is 1.12 bits per heavy atom. The molecule has 34 heavy (non-hydrogen) atoms. The molecule has 4 rings (SSSR count). The monoisotopic (exact) mass is 471 g/mol. The van der Waals surface area contributed by atoms with Gasteiger partial charge in [-0.3, -0.25) is 19.3 Å². The molecule has 0 radical (unpaired) electrons. The van der Waals surface area contributed by atoms with Gasteiger partial charge in [-0.2, -0.15) is 0 Å². The number of carbonyl (C=O) groups is 5. The Morgan fingerprint density at radius 2 is 1.82 bits per heavy atom. The number of rotatable bonds is 8. The molecule has 3 aliphatic rings. The molecule has 4 amide bonds. The molecule has 3 unspecified atom stereocenters. The van der Waals surface area contributed by atoms with Crippen molar-refractivity contribution in [3.8, 4) is 0 Å². The van der Waals surface area contributed by atoms with Crippen LogP contribution in [-0.2, 0) is 28.7 Å². The third-order valence-corrected chi connectivity index (χ3v) is 5.99. The number of hydrogen-bond donors (Lipinski definition) is 2. The number of nitrogens with zero attached hydrogens (tertiary/aromatic N) is 1. The molecule has 180 valence electrons. The second-order valence-corrected chi connectivity index (χ2v) is 8.05. The van der Waals surface area contributed by atoms with Gasteiger partial charge >= 0.3 is 18.0 Å². The van der Waals surface area contributed by atoms with Crippen LogP contribution in [0.2, 0.25) is 0 Å². The standard InChI is InChI=1S/C23H25N3O8/c1-2-32-22(30)18-15(24-23(31)25-19(18)16-8-5-11-33-16)12-34-17(27)9-10-26-20(28)13-6-3-4-7-14(13)21(26)29/h3-5,8,11,13-14,19H,2,6-7,9-10,12H2,1H3,(H2,24,25,31). The fraction of sp³-hybridized carbons (Fsp3) is 0.435. The van der Waals surface area contributed by atoms with Gasteiger partial charge in [0.25, 0.3) is 0 Å². The highest BCUT2D eigenvalue weighted by molar-refractivity contribution is 6.05. The molecule has 0 saturated carbocycles. The number of allylic oxidation sites excluding steroid dienone is 2. The van der Waals surface area contributed by atoms with E-state index in [-0.39, 0.29) is 54.5 Å². The highest BCUT2D eigenvalue weighted by atomic mass is 16.5. The smallest absolute Gasteiger partial charge is 0.338 e. The molecule has 1 saturated heterocycles. The van der Waals surface area contributed by atoms with Crippen molar-refractivity contribution in [3.63, 3.8) is 0 Å². The molecular formula is C23H25N3O8. The van der Waals surface area contributed by atoms with Crippen LogP contribution in [0.25, 0.3) is 0 Å². The Labute approximate surface area is 195 Å². The van der Waals surface area contributed by atoms with Crippen molar-refractivity contribution in [3.05, 3.63) is 47.6 Å². The maximum absolute atomic E-state index is 12.6. The van der Waals surface area contributed by atoms with E-state index in [0.717, 1.165) is 4.90 Å². The summed E-state index contributed by atoms with van der Waals surface area (Å²) in [4.78, 5) is 63.4.